The van der Waals surface area contributed by atoms with Gasteiger partial charge in [-0.15, -0.1) is 19.0 Å². The van der Waals surface area contributed by atoms with Crippen molar-refractivity contribution in [3.8, 4) is 0 Å². The van der Waals surface area contributed by atoms with Crippen molar-refractivity contribution < 1.29 is 24.1 Å². The van der Waals surface area contributed by atoms with E-state index in [4.69, 9.17) is 4.74 Å². The summed E-state index contributed by atoms with van der Waals surface area (Å²) in [6.07, 6.45) is 1.57. The Morgan fingerprint density at radius 2 is 2.12 bits per heavy atom. The SMILES string of the molecule is C=C[C@@H]1C[C@@H](C(=O)O)N(C(C[N+]2([O-])CCOCC2)NC(C)=O)C1.Cl. The van der Waals surface area contributed by atoms with Crippen molar-refractivity contribution in [2.45, 2.75) is 25.6 Å². The van der Waals surface area contributed by atoms with Gasteiger partial charge in [0.1, 0.15) is 31.8 Å². The third kappa shape index (κ3) is 5.15. The summed E-state index contributed by atoms with van der Waals surface area (Å²) >= 11 is 0. The fraction of sp³-hybridized carbons (Fsp3) is 0.733. The molecule has 8 nitrogen and oxygen atoms in total. The molecule has 2 N–H and O–H groups in total. The Hall–Kier alpha value is -1.19. The summed E-state index contributed by atoms with van der Waals surface area (Å²) in [7, 11) is 0. The second-order valence-corrected chi connectivity index (χ2v) is 6.30. The van der Waals surface area contributed by atoms with Crippen molar-refractivity contribution in [3.05, 3.63) is 17.9 Å². The van der Waals surface area contributed by atoms with Crippen LogP contribution in [0.2, 0.25) is 0 Å². The lowest BCUT2D eigenvalue weighted by Crippen LogP contribution is -2.62. The molecule has 0 aromatic heterocycles. The number of nitrogens with one attached hydrogen (secondary N) is 1. The molecule has 2 heterocycles. The standard InChI is InChI=1S/C15H25N3O5.ClH/c1-3-12-8-13(15(20)21)17(9-12)14(16-11(2)19)10-18(22)4-6-23-7-5-18;/h3,12-14H,1,4-10H2,2H3,(H,16,19)(H,20,21);1H/t12-,13+,14?;/m1./s1. The number of rotatable bonds is 6. The van der Waals surface area contributed by atoms with Crippen LogP contribution in [0.3, 0.4) is 0 Å². The highest BCUT2D eigenvalue weighted by molar-refractivity contribution is 5.85. The van der Waals surface area contributed by atoms with Crippen LogP contribution in [0.4, 0.5) is 0 Å². The Bertz CT molecular complexity index is 470. The zero-order chi connectivity index (χ0) is 17.0. The van der Waals surface area contributed by atoms with E-state index in [0.29, 0.717) is 39.3 Å². The van der Waals surface area contributed by atoms with E-state index in [1.807, 2.05) is 0 Å². The van der Waals surface area contributed by atoms with Gasteiger partial charge < -0.3 is 25.0 Å². The summed E-state index contributed by atoms with van der Waals surface area (Å²) in [5.41, 5.74) is 0. The van der Waals surface area contributed by atoms with E-state index in [2.05, 4.69) is 11.9 Å². The molecule has 9 heteroatoms. The fourth-order valence-corrected chi connectivity index (χ4v) is 3.29. The number of nitrogens with zero attached hydrogens (tertiary/aromatic N) is 2. The van der Waals surface area contributed by atoms with Gasteiger partial charge in [-0.25, -0.2) is 0 Å². The summed E-state index contributed by atoms with van der Waals surface area (Å²) in [6, 6.07) is -0.720. The number of morpholine rings is 1. The van der Waals surface area contributed by atoms with Crippen molar-refractivity contribution in [2.24, 2.45) is 5.92 Å². The van der Waals surface area contributed by atoms with Gasteiger partial charge in [0.2, 0.25) is 5.91 Å². The number of carbonyl (C=O) groups excluding carboxylic acids is 1. The van der Waals surface area contributed by atoms with E-state index in [0.717, 1.165) is 0 Å². The lowest BCUT2D eigenvalue weighted by molar-refractivity contribution is -0.890. The minimum absolute atomic E-state index is 0. The number of amides is 1. The van der Waals surface area contributed by atoms with E-state index in [-0.39, 0.29) is 30.8 Å². The molecule has 138 valence electrons. The lowest BCUT2D eigenvalue weighted by Gasteiger charge is -2.48. The Balaban J connectivity index is 0.00000288. The van der Waals surface area contributed by atoms with Gasteiger partial charge in [-0.2, -0.15) is 0 Å². The molecule has 2 fully saturated rings. The molecule has 24 heavy (non-hydrogen) atoms. The van der Waals surface area contributed by atoms with Crippen LogP contribution < -0.4 is 5.32 Å². The molecule has 0 saturated carbocycles. The van der Waals surface area contributed by atoms with Crippen molar-refractivity contribution in [3.63, 3.8) is 0 Å². The van der Waals surface area contributed by atoms with E-state index >= 15 is 0 Å². The number of hydrogen-bond donors (Lipinski definition) is 2. The highest BCUT2D eigenvalue weighted by atomic mass is 35.5. The number of carbonyl (C=O) groups is 2. The molecule has 0 aliphatic carbocycles. The van der Waals surface area contributed by atoms with Crippen molar-refractivity contribution >= 4 is 24.3 Å². The highest BCUT2D eigenvalue weighted by Gasteiger charge is 2.42. The van der Waals surface area contributed by atoms with Gasteiger partial charge in [-0.1, -0.05) is 6.08 Å². The minimum Gasteiger partial charge on any atom is -0.633 e. The van der Waals surface area contributed by atoms with Crippen LogP contribution >= 0.6 is 12.4 Å². The topological polar surface area (TPSA) is 102 Å². The van der Waals surface area contributed by atoms with Gasteiger partial charge in [-0.05, 0) is 12.3 Å². The largest absolute Gasteiger partial charge is 0.633 e. The number of hydrogen-bond acceptors (Lipinski definition) is 5. The minimum atomic E-state index is -0.941. The zero-order valence-corrected chi connectivity index (χ0v) is 14.7. The van der Waals surface area contributed by atoms with Crippen molar-refractivity contribution in [1.82, 2.24) is 10.2 Å². The molecule has 3 atom stereocenters. The van der Waals surface area contributed by atoms with Gasteiger partial charge in [-0.3, -0.25) is 14.5 Å². The number of aliphatic carboxylic acids is 1. The number of carboxylic acids is 1. The molecule has 0 bridgehead atoms. The Kier molecular flexibility index (Phi) is 7.62. The first-order chi connectivity index (χ1) is 10.8. The molecule has 0 aromatic carbocycles. The van der Waals surface area contributed by atoms with Gasteiger partial charge in [0.25, 0.3) is 0 Å². The Morgan fingerprint density at radius 3 is 2.62 bits per heavy atom. The third-order valence-corrected chi connectivity index (χ3v) is 4.55. The fourth-order valence-electron chi connectivity index (χ4n) is 3.29. The van der Waals surface area contributed by atoms with Gasteiger partial charge in [0, 0.05) is 13.5 Å². The quantitative estimate of drug-likeness (QED) is 0.396. The van der Waals surface area contributed by atoms with Gasteiger partial charge in [0.15, 0.2) is 0 Å². The molecular weight excluding hydrogens is 338 g/mol. The molecule has 0 aromatic rings. The first-order valence-electron chi connectivity index (χ1n) is 7.88. The summed E-state index contributed by atoms with van der Waals surface area (Å²) in [4.78, 5) is 24.8. The second-order valence-electron chi connectivity index (χ2n) is 6.30. The zero-order valence-electron chi connectivity index (χ0n) is 13.8. The average Bonchev–Trinajstić information content (AvgIpc) is 2.91. The molecule has 1 unspecified atom stereocenters. The van der Waals surface area contributed by atoms with Crippen molar-refractivity contribution in [1.29, 1.82) is 0 Å². The van der Waals surface area contributed by atoms with E-state index in [9.17, 15) is 19.9 Å². The number of likely N-dealkylation sites (tertiary alicyclic amines) is 1. The number of halogens is 1. The number of quaternary nitrogens is 1. The number of ether oxygens (including phenoxy) is 1. The summed E-state index contributed by atoms with van der Waals surface area (Å²) < 4.78 is 4.74. The van der Waals surface area contributed by atoms with Crippen LogP contribution in [0.1, 0.15) is 13.3 Å². The number of hydroxylamine groups is 3. The van der Waals surface area contributed by atoms with Gasteiger partial charge in [0.05, 0.1) is 13.2 Å². The maximum absolute atomic E-state index is 12.8. The maximum atomic E-state index is 12.8. The third-order valence-electron chi connectivity index (χ3n) is 4.55. The van der Waals surface area contributed by atoms with E-state index in [1.54, 1.807) is 11.0 Å². The maximum Gasteiger partial charge on any atom is 0.321 e. The Labute approximate surface area is 148 Å². The molecule has 0 spiro atoms. The van der Waals surface area contributed by atoms with Crippen LogP contribution in [0.15, 0.2) is 12.7 Å². The highest BCUT2D eigenvalue weighted by Crippen LogP contribution is 2.27. The van der Waals surface area contributed by atoms with Crippen LogP contribution in [-0.4, -0.2) is 78.1 Å². The van der Waals surface area contributed by atoms with Crippen LogP contribution in [0.5, 0.6) is 0 Å². The van der Waals surface area contributed by atoms with Crippen LogP contribution in [0.25, 0.3) is 0 Å². The molecular formula is C15H26ClN3O5. The molecule has 2 aliphatic heterocycles. The molecule has 2 rings (SSSR count). The van der Waals surface area contributed by atoms with Crippen LogP contribution in [-0.2, 0) is 14.3 Å². The summed E-state index contributed by atoms with van der Waals surface area (Å²) in [5, 5.41) is 25.0. The molecule has 1 amide bonds. The Morgan fingerprint density at radius 1 is 1.50 bits per heavy atom. The predicted molar refractivity (Wildman–Crippen MR) is 90.3 cm³/mol. The summed E-state index contributed by atoms with van der Waals surface area (Å²) in [5.74, 6) is -1.18. The van der Waals surface area contributed by atoms with E-state index in [1.165, 1.54) is 6.92 Å². The monoisotopic (exact) mass is 363 g/mol. The smallest absolute Gasteiger partial charge is 0.321 e. The van der Waals surface area contributed by atoms with Crippen molar-refractivity contribution in [2.75, 3.05) is 39.4 Å². The predicted octanol–water partition coefficient (Wildman–Crippen LogP) is 0.176. The molecule has 0 radical (unpaired) electrons. The number of carboxylic acid groups (broad SMARTS) is 1. The lowest BCUT2D eigenvalue weighted by atomic mass is 10.1. The molecule has 2 saturated heterocycles. The normalized spacial score (nSPS) is 27.8. The summed E-state index contributed by atoms with van der Waals surface area (Å²) in [6.45, 7) is 7.09. The molecule has 2 aliphatic rings. The average molecular weight is 364 g/mol. The van der Waals surface area contributed by atoms with E-state index < -0.39 is 22.8 Å². The van der Waals surface area contributed by atoms with Crippen LogP contribution in [0, 0.1) is 11.1 Å². The van der Waals surface area contributed by atoms with Gasteiger partial charge >= 0.3 is 5.97 Å². The first-order valence-corrected chi connectivity index (χ1v) is 7.88. The first kappa shape index (κ1) is 20.9. The second kappa shape index (κ2) is 8.77.